The van der Waals surface area contributed by atoms with Gasteiger partial charge in [0.2, 0.25) is 11.6 Å². The lowest BCUT2D eigenvalue weighted by molar-refractivity contribution is -0.137. The van der Waals surface area contributed by atoms with Crippen molar-refractivity contribution in [3.05, 3.63) is 58.3 Å². The van der Waals surface area contributed by atoms with E-state index in [0.717, 1.165) is 11.8 Å². The maximum atomic E-state index is 12.7. The van der Waals surface area contributed by atoms with Crippen molar-refractivity contribution in [3.8, 4) is 0 Å². The summed E-state index contributed by atoms with van der Waals surface area (Å²) in [7, 11) is 0. The Balaban J connectivity index is 0.00000145. The predicted octanol–water partition coefficient (Wildman–Crippen LogP) is 3.55. The number of Topliss-reactive ketones (excluding diaryl/α,β-unsaturated/α-hetero) is 1. The highest BCUT2D eigenvalue weighted by Crippen LogP contribution is 2.30. The van der Waals surface area contributed by atoms with Crippen LogP contribution in [0.1, 0.15) is 58.0 Å². The minimum atomic E-state index is -0.924. The largest absolute Gasteiger partial charge is 0.481 e. The lowest BCUT2D eigenvalue weighted by atomic mass is 9.99. The normalized spacial score (nSPS) is 12.4. The molecule has 1 aromatic heterocycles. The van der Waals surface area contributed by atoms with E-state index in [4.69, 9.17) is 5.11 Å². The van der Waals surface area contributed by atoms with Crippen LogP contribution in [0.2, 0.25) is 0 Å². The quantitative estimate of drug-likeness (QED) is 0.590. The molecular weight excluding hydrogens is 394 g/mol. The minimum absolute atomic E-state index is 0.0237. The zero-order valence-corrected chi connectivity index (χ0v) is 16.8. The SMILES string of the molecule is CC.O=C(O)CCCSC1=CC(=O)c2n[nH]c(C(=O)Nc3ccccc3)c2C1=O. The third kappa shape index (κ3) is 5.41. The topological polar surface area (TPSA) is 129 Å². The average molecular weight is 415 g/mol. The van der Waals surface area contributed by atoms with Gasteiger partial charge in [0, 0.05) is 18.2 Å². The first-order chi connectivity index (χ1) is 14.0. The number of fused-ring (bicyclic) bond motifs is 1. The first-order valence-electron chi connectivity index (χ1n) is 9.07. The molecule has 1 aromatic carbocycles. The van der Waals surface area contributed by atoms with Gasteiger partial charge in [-0.1, -0.05) is 32.0 Å². The number of H-pyrrole nitrogens is 1. The number of ketones is 2. The number of carboxylic acids is 1. The van der Waals surface area contributed by atoms with E-state index >= 15 is 0 Å². The Bertz CT molecular complexity index is 950. The number of aromatic amines is 1. The summed E-state index contributed by atoms with van der Waals surface area (Å²) >= 11 is 1.10. The highest BCUT2D eigenvalue weighted by molar-refractivity contribution is 8.04. The number of carbonyl (C=O) groups excluding carboxylic acids is 3. The van der Waals surface area contributed by atoms with Gasteiger partial charge in [0.25, 0.3) is 5.91 Å². The molecule has 1 aliphatic carbocycles. The molecule has 0 fully saturated rings. The van der Waals surface area contributed by atoms with Crippen LogP contribution in [0.15, 0.2) is 41.3 Å². The maximum Gasteiger partial charge on any atom is 0.303 e. The van der Waals surface area contributed by atoms with E-state index in [0.29, 0.717) is 17.9 Å². The Morgan fingerprint density at radius 3 is 2.52 bits per heavy atom. The van der Waals surface area contributed by atoms with Crippen LogP contribution in [0.4, 0.5) is 5.69 Å². The third-order valence-electron chi connectivity index (χ3n) is 3.76. The molecule has 0 aliphatic heterocycles. The minimum Gasteiger partial charge on any atom is -0.481 e. The number of aliphatic carboxylic acids is 1. The van der Waals surface area contributed by atoms with Gasteiger partial charge in [-0.2, -0.15) is 5.10 Å². The summed E-state index contributed by atoms with van der Waals surface area (Å²) in [5.41, 5.74) is 0.313. The van der Waals surface area contributed by atoms with E-state index in [-0.39, 0.29) is 28.3 Å². The second kappa shape index (κ2) is 10.4. The van der Waals surface area contributed by atoms with E-state index in [9.17, 15) is 19.2 Å². The second-order valence-corrected chi connectivity index (χ2v) is 6.83. The lowest BCUT2D eigenvalue weighted by Gasteiger charge is -2.12. The van der Waals surface area contributed by atoms with Crippen LogP contribution >= 0.6 is 11.8 Å². The Labute approximate surface area is 171 Å². The zero-order valence-electron chi connectivity index (χ0n) is 16.0. The number of para-hydroxylation sites is 1. The number of nitrogens with zero attached hydrogens (tertiary/aromatic N) is 1. The lowest BCUT2D eigenvalue weighted by Crippen LogP contribution is -2.20. The van der Waals surface area contributed by atoms with Crippen LogP contribution in [0.25, 0.3) is 0 Å². The fourth-order valence-corrected chi connectivity index (χ4v) is 3.44. The molecule has 1 amide bonds. The van der Waals surface area contributed by atoms with Crippen LogP contribution in [0, 0.1) is 0 Å². The van der Waals surface area contributed by atoms with Crippen molar-refractivity contribution < 1.29 is 24.3 Å². The number of anilines is 1. The highest BCUT2D eigenvalue weighted by Gasteiger charge is 2.33. The Morgan fingerprint density at radius 2 is 1.86 bits per heavy atom. The van der Waals surface area contributed by atoms with Gasteiger partial charge in [-0.15, -0.1) is 11.8 Å². The molecule has 0 saturated heterocycles. The van der Waals surface area contributed by atoms with Crippen LogP contribution in [0.3, 0.4) is 0 Å². The van der Waals surface area contributed by atoms with Crippen molar-refractivity contribution in [2.24, 2.45) is 0 Å². The molecule has 152 valence electrons. The van der Waals surface area contributed by atoms with Gasteiger partial charge in [-0.25, -0.2) is 0 Å². The Kier molecular flexibility index (Phi) is 7.90. The average Bonchev–Trinajstić information content (AvgIpc) is 3.17. The molecule has 0 spiro atoms. The predicted molar refractivity (Wildman–Crippen MR) is 110 cm³/mol. The monoisotopic (exact) mass is 415 g/mol. The molecule has 29 heavy (non-hydrogen) atoms. The molecule has 0 saturated carbocycles. The van der Waals surface area contributed by atoms with E-state index in [2.05, 4.69) is 15.5 Å². The van der Waals surface area contributed by atoms with Gasteiger partial charge >= 0.3 is 5.97 Å². The standard InChI is InChI=1S/C18H15N3O5S.C2H6/c22-11-9-12(27-8-4-7-13(23)24)17(25)14-15(11)20-21-16(14)18(26)19-10-5-2-1-3-6-10;1-2/h1-3,5-6,9H,4,7-8H2,(H,19,26)(H,20,21)(H,23,24);1-2H3. The number of hydrogen-bond acceptors (Lipinski definition) is 6. The second-order valence-electron chi connectivity index (χ2n) is 5.69. The summed E-state index contributed by atoms with van der Waals surface area (Å²) in [6.45, 7) is 4.00. The smallest absolute Gasteiger partial charge is 0.303 e. The molecular formula is C20H21N3O5S. The number of nitrogens with one attached hydrogen (secondary N) is 2. The van der Waals surface area contributed by atoms with E-state index in [1.54, 1.807) is 30.3 Å². The third-order valence-corrected chi connectivity index (χ3v) is 4.87. The van der Waals surface area contributed by atoms with Gasteiger partial charge in [-0.05, 0) is 24.3 Å². The number of benzene rings is 1. The highest BCUT2D eigenvalue weighted by atomic mass is 32.2. The number of aromatic nitrogens is 2. The first kappa shape index (κ1) is 22.1. The molecule has 3 N–H and O–H groups in total. The number of carboxylic acid groups (broad SMARTS) is 1. The summed E-state index contributed by atoms with van der Waals surface area (Å²) in [5.74, 6) is -2.08. The summed E-state index contributed by atoms with van der Waals surface area (Å²) in [6.07, 6.45) is 1.51. The van der Waals surface area contributed by atoms with Crippen molar-refractivity contribution >= 4 is 40.9 Å². The summed E-state index contributed by atoms with van der Waals surface area (Å²) in [4.78, 5) is 48.2. The molecule has 9 heteroatoms. The van der Waals surface area contributed by atoms with E-state index < -0.39 is 23.4 Å². The van der Waals surface area contributed by atoms with Gasteiger partial charge in [-0.3, -0.25) is 24.3 Å². The van der Waals surface area contributed by atoms with Crippen molar-refractivity contribution in [2.45, 2.75) is 26.7 Å². The van der Waals surface area contributed by atoms with Gasteiger partial charge < -0.3 is 10.4 Å². The number of carbonyl (C=O) groups is 4. The zero-order chi connectivity index (χ0) is 21.4. The van der Waals surface area contributed by atoms with Gasteiger partial charge in [0.05, 0.1) is 10.5 Å². The Morgan fingerprint density at radius 1 is 1.17 bits per heavy atom. The molecule has 2 aromatic rings. The summed E-state index contributed by atoms with van der Waals surface area (Å²) in [5, 5.41) is 17.6. The number of rotatable bonds is 7. The number of amides is 1. The number of thioether (sulfide) groups is 1. The van der Waals surface area contributed by atoms with Crippen LogP contribution < -0.4 is 5.32 Å². The van der Waals surface area contributed by atoms with Crippen LogP contribution in [-0.2, 0) is 4.79 Å². The summed E-state index contributed by atoms with van der Waals surface area (Å²) < 4.78 is 0. The van der Waals surface area contributed by atoms with Crippen LogP contribution in [0.5, 0.6) is 0 Å². The van der Waals surface area contributed by atoms with Crippen LogP contribution in [-0.4, -0.2) is 44.5 Å². The van der Waals surface area contributed by atoms with E-state index in [1.165, 1.54) is 6.08 Å². The van der Waals surface area contributed by atoms with Crippen molar-refractivity contribution in [2.75, 3.05) is 11.1 Å². The van der Waals surface area contributed by atoms with Crippen molar-refractivity contribution in [1.29, 1.82) is 0 Å². The molecule has 0 radical (unpaired) electrons. The fraction of sp³-hybridized carbons (Fsp3) is 0.250. The number of hydrogen-bond donors (Lipinski definition) is 3. The molecule has 0 bridgehead atoms. The molecule has 1 heterocycles. The first-order valence-corrected chi connectivity index (χ1v) is 10.1. The van der Waals surface area contributed by atoms with Gasteiger partial charge in [0.15, 0.2) is 0 Å². The molecule has 8 nitrogen and oxygen atoms in total. The number of allylic oxidation sites excluding steroid dienone is 2. The van der Waals surface area contributed by atoms with E-state index in [1.807, 2.05) is 13.8 Å². The van der Waals surface area contributed by atoms with Crippen molar-refractivity contribution in [1.82, 2.24) is 10.2 Å². The van der Waals surface area contributed by atoms with Gasteiger partial charge in [0.1, 0.15) is 11.4 Å². The fourth-order valence-electron chi connectivity index (χ4n) is 2.51. The molecule has 3 rings (SSSR count). The van der Waals surface area contributed by atoms with Crippen molar-refractivity contribution in [3.63, 3.8) is 0 Å². The maximum absolute atomic E-state index is 12.7. The Hall–Kier alpha value is -3.20. The summed E-state index contributed by atoms with van der Waals surface area (Å²) in [6, 6.07) is 8.69. The molecule has 0 unspecified atom stereocenters. The molecule has 0 atom stereocenters. The molecule has 1 aliphatic rings.